The number of carbonyl (C=O) groups is 1. The highest BCUT2D eigenvalue weighted by Gasteiger charge is 2.15. The molecule has 0 aliphatic rings. The van der Waals surface area contributed by atoms with Crippen LogP contribution in [0.2, 0.25) is 0 Å². The summed E-state index contributed by atoms with van der Waals surface area (Å²) in [6.45, 7) is 3.84. The van der Waals surface area contributed by atoms with Crippen molar-refractivity contribution in [3.05, 3.63) is 65.1 Å². The molecule has 1 aromatic carbocycles. The van der Waals surface area contributed by atoms with E-state index < -0.39 is 0 Å². The molecule has 0 saturated carbocycles. The normalized spacial score (nSPS) is 11.1. The first-order valence-corrected chi connectivity index (χ1v) is 8.82. The van der Waals surface area contributed by atoms with Crippen molar-refractivity contribution >= 4 is 17.2 Å². The van der Waals surface area contributed by atoms with E-state index in [1.54, 1.807) is 40.6 Å². The third-order valence-corrected chi connectivity index (χ3v) is 4.50. The number of nitrogens with zero attached hydrogens (tertiary/aromatic N) is 5. The number of rotatable bonds is 5. The molecule has 0 aliphatic carbocycles. The van der Waals surface area contributed by atoms with Crippen LogP contribution in [0.15, 0.2) is 42.6 Å². The van der Waals surface area contributed by atoms with Gasteiger partial charge in [0.25, 0.3) is 0 Å². The predicted octanol–water partition coefficient (Wildman–Crippen LogP) is 2.88. The first kappa shape index (κ1) is 17.7. The molecule has 0 saturated heterocycles. The van der Waals surface area contributed by atoms with E-state index in [9.17, 15) is 4.79 Å². The molecule has 4 rings (SSSR count). The van der Waals surface area contributed by atoms with E-state index in [-0.39, 0.29) is 12.2 Å². The number of Topliss-reactive ketones (excluding diaryl/α,β-unsaturated/α-hetero) is 1. The Hall–Kier alpha value is -3.68. The fourth-order valence-electron chi connectivity index (χ4n) is 3.09. The van der Waals surface area contributed by atoms with Gasteiger partial charge in [0.05, 0.1) is 11.9 Å². The zero-order valence-electron chi connectivity index (χ0n) is 15.9. The van der Waals surface area contributed by atoms with Crippen LogP contribution < -0.4 is 10.5 Å². The number of aryl methyl sites for hydroxylation is 3. The molecule has 8 heteroatoms. The topological polar surface area (TPSA) is 100 Å². The van der Waals surface area contributed by atoms with Crippen molar-refractivity contribution in [1.82, 2.24) is 24.4 Å². The smallest absolute Gasteiger partial charge is 0.237 e. The van der Waals surface area contributed by atoms with E-state index in [0.29, 0.717) is 28.8 Å². The second-order valence-corrected chi connectivity index (χ2v) is 6.72. The fraction of sp³-hybridized carbons (Fsp3) is 0.200. The number of benzene rings is 1. The van der Waals surface area contributed by atoms with Gasteiger partial charge in [0.2, 0.25) is 5.88 Å². The highest BCUT2D eigenvalue weighted by Crippen LogP contribution is 2.24. The summed E-state index contributed by atoms with van der Waals surface area (Å²) >= 11 is 0. The average Bonchev–Trinajstić information content (AvgIpc) is 3.17. The maximum absolute atomic E-state index is 12.7. The minimum atomic E-state index is 0.0109. The second kappa shape index (κ2) is 6.80. The molecule has 8 nitrogen and oxygen atoms in total. The molecule has 0 unspecified atom stereocenters. The average molecular weight is 376 g/mol. The highest BCUT2D eigenvalue weighted by molar-refractivity contribution is 5.96. The minimum Gasteiger partial charge on any atom is -0.438 e. The molecular weight excluding hydrogens is 356 g/mol. The van der Waals surface area contributed by atoms with Crippen molar-refractivity contribution in [2.75, 3.05) is 5.73 Å². The predicted molar refractivity (Wildman–Crippen MR) is 105 cm³/mol. The monoisotopic (exact) mass is 376 g/mol. The lowest BCUT2D eigenvalue weighted by Crippen LogP contribution is -2.10. The van der Waals surface area contributed by atoms with Gasteiger partial charge in [-0.2, -0.15) is 5.10 Å². The van der Waals surface area contributed by atoms with Gasteiger partial charge in [0.15, 0.2) is 11.4 Å². The number of nitrogens with two attached hydrogens (primary N) is 1. The molecule has 0 bridgehead atoms. The summed E-state index contributed by atoms with van der Waals surface area (Å²) in [5.74, 6) is 1.42. The molecule has 28 heavy (non-hydrogen) atoms. The Morgan fingerprint density at radius 2 is 1.96 bits per heavy atom. The summed E-state index contributed by atoms with van der Waals surface area (Å²) in [6, 6.07) is 11.0. The number of ketones is 1. The third-order valence-electron chi connectivity index (χ3n) is 4.50. The molecule has 3 aromatic heterocycles. The number of aromatic nitrogens is 5. The van der Waals surface area contributed by atoms with Crippen LogP contribution in [-0.4, -0.2) is 30.2 Å². The maximum Gasteiger partial charge on any atom is 0.237 e. The Morgan fingerprint density at radius 3 is 2.71 bits per heavy atom. The summed E-state index contributed by atoms with van der Waals surface area (Å²) in [5.41, 5.74) is 9.66. The Balaban J connectivity index is 1.57. The van der Waals surface area contributed by atoms with Crippen LogP contribution in [-0.2, 0) is 13.5 Å². The lowest BCUT2D eigenvalue weighted by molar-refractivity contribution is 0.0984. The van der Waals surface area contributed by atoms with Gasteiger partial charge < -0.3 is 10.5 Å². The number of anilines is 1. The lowest BCUT2D eigenvalue weighted by atomic mass is 10.0. The fourth-order valence-corrected chi connectivity index (χ4v) is 3.09. The van der Waals surface area contributed by atoms with Crippen molar-refractivity contribution in [2.45, 2.75) is 20.3 Å². The highest BCUT2D eigenvalue weighted by atomic mass is 16.5. The molecule has 142 valence electrons. The Labute approximate surface area is 161 Å². The van der Waals surface area contributed by atoms with Gasteiger partial charge in [-0.3, -0.25) is 9.48 Å². The van der Waals surface area contributed by atoms with Gasteiger partial charge in [-0.15, -0.1) is 5.10 Å². The summed E-state index contributed by atoms with van der Waals surface area (Å²) in [6.07, 6.45) is 1.89. The van der Waals surface area contributed by atoms with Crippen LogP contribution in [0.3, 0.4) is 0 Å². The summed E-state index contributed by atoms with van der Waals surface area (Å²) < 4.78 is 9.06. The first-order valence-electron chi connectivity index (χ1n) is 8.82. The second-order valence-electron chi connectivity index (χ2n) is 6.72. The van der Waals surface area contributed by atoms with Crippen LogP contribution in [0.5, 0.6) is 11.6 Å². The van der Waals surface area contributed by atoms with Crippen molar-refractivity contribution < 1.29 is 9.53 Å². The van der Waals surface area contributed by atoms with Gasteiger partial charge in [0, 0.05) is 19.5 Å². The Bertz CT molecular complexity index is 1190. The van der Waals surface area contributed by atoms with E-state index in [2.05, 4.69) is 15.2 Å². The van der Waals surface area contributed by atoms with Crippen molar-refractivity contribution in [2.24, 2.45) is 7.05 Å². The molecule has 0 radical (unpaired) electrons. The maximum atomic E-state index is 12.7. The number of ether oxygens (including phenoxy) is 1. The van der Waals surface area contributed by atoms with Crippen LogP contribution in [0.4, 0.5) is 5.82 Å². The molecular formula is C20H20N6O2. The zero-order chi connectivity index (χ0) is 19.8. The van der Waals surface area contributed by atoms with E-state index in [4.69, 9.17) is 10.5 Å². The van der Waals surface area contributed by atoms with Crippen LogP contribution in [0, 0.1) is 13.8 Å². The summed E-state index contributed by atoms with van der Waals surface area (Å²) in [5, 5.41) is 8.58. The number of imidazole rings is 1. The van der Waals surface area contributed by atoms with Gasteiger partial charge in [-0.05, 0) is 49.2 Å². The largest absolute Gasteiger partial charge is 0.438 e. The van der Waals surface area contributed by atoms with Crippen LogP contribution in [0.25, 0.3) is 5.65 Å². The quantitative estimate of drug-likeness (QED) is 0.538. The first-order chi connectivity index (χ1) is 13.4. The lowest BCUT2D eigenvalue weighted by Gasteiger charge is -2.10. The summed E-state index contributed by atoms with van der Waals surface area (Å²) in [7, 11) is 1.78. The zero-order valence-corrected chi connectivity index (χ0v) is 15.9. The van der Waals surface area contributed by atoms with E-state index in [1.807, 2.05) is 32.0 Å². The number of hydrogen-bond donors (Lipinski definition) is 1. The molecule has 0 spiro atoms. The van der Waals surface area contributed by atoms with Crippen LogP contribution >= 0.6 is 0 Å². The van der Waals surface area contributed by atoms with Crippen molar-refractivity contribution in [1.29, 1.82) is 0 Å². The van der Waals surface area contributed by atoms with E-state index >= 15 is 0 Å². The third kappa shape index (κ3) is 3.44. The molecule has 0 amide bonds. The molecule has 0 fully saturated rings. The molecule has 0 atom stereocenters. The van der Waals surface area contributed by atoms with Crippen molar-refractivity contribution in [3.63, 3.8) is 0 Å². The number of nitrogen functional groups attached to an aromatic ring is 1. The Morgan fingerprint density at radius 1 is 1.14 bits per heavy atom. The Kier molecular flexibility index (Phi) is 4.31. The SMILES string of the molecule is Cc1cc(C(=O)Cc2cc(Oc3ccc4nc(N)cn4n3)ccc2C)n(C)n1. The minimum absolute atomic E-state index is 0.0109. The van der Waals surface area contributed by atoms with Gasteiger partial charge in [0.1, 0.15) is 17.3 Å². The van der Waals surface area contributed by atoms with Gasteiger partial charge in [-0.25, -0.2) is 9.50 Å². The number of hydrogen-bond acceptors (Lipinski definition) is 6. The van der Waals surface area contributed by atoms with E-state index in [1.165, 1.54) is 0 Å². The van der Waals surface area contributed by atoms with Gasteiger partial charge in [-0.1, -0.05) is 6.07 Å². The molecule has 2 N–H and O–H groups in total. The van der Waals surface area contributed by atoms with Crippen LogP contribution in [0.1, 0.15) is 27.3 Å². The summed E-state index contributed by atoms with van der Waals surface area (Å²) in [4.78, 5) is 16.8. The molecule has 3 heterocycles. The van der Waals surface area contributed by atoms with Crippen molar-refractivity contribution in [3.8, 4) is 11.6 Å². The number of carbonyl (C=O) groups excluding carboxylic acids is 1. The van der Waals surface area contributed by atoms with E-state index in [0.717, 1.165) is 16.8 Å². The molecule has 4 aromatic rings. The van der Waals surface area contributed by atoms with Gasteiger partial charge >= 0.3 is 0 Å². The standard InChI is InChI=1S/C20H20N6O2/c1-12-4-5-15(28-20-7-6-19-22-18(21)11-26(19)24-20)9-14(12)10-17(27)16-8-13(2)23-25(16)3/h4-9,11H,10,21H2,1-3H3. The number of fused-ring (bicyclic) bond motifs is 1. The molecule has 0 aliphatic heterocycles.